The molecule has 2 nitrogen and oxygen atoms in total. The minimum absolute atomic E-state index is 0.0802. The van der Waals surface area contributed by atoms with Crippen molar-refractivity contribution in [3.05, 3.63) is 70.8 Å². The third-order valence-electron chi connectivity index (χ3n) is 4.94. The molecular formula is C22H27NO. The van der Waals surface area contributed by atoms with Crippen LogP contribution in [-0.4, -0.2) is 17.4 Å². The van der Waals surface area contributed by atoms with Gasteiger partial charge < -0.3 is 4.90 Å². The summed E-state index contributed by atoms with van der Waals surface area (Å²) in [5, 5.41) is 0. The number of carbonyl (C=O) groups is 1. The molecule has 2 aromatic rings. The lowest BCUT2D eigenvalue weighted by molar-refractivity contribution is -0.133. The third kappa shape index (κ3) is 3.69. The summed E-state index contributed by atoms with van der Waals surface area (Å²) in [5.41, 5.74) is 5.13. The molecule has 1 aliphatic rings. The number of nitrogens with zero attached hydrogens (tertiary/aromatic N) is 1. The molecule has 1 unspecified atom stereocenters. The van der Waals surface area contributed by atoms with E-state index in [2.05, 4.69) is 62.4 Å². The van der Waals surface area contributed by atoms with E-state index in [1.807, 2.05) is 11.8 Å². The lowest BCUT2D eigenvalue weighted by atomic mass is 9.94. The van der Waals surface area contributed by atoms with E-state index in [4.69, 9.17) is 0 Å². The topological polar surface area (TPSA) is 20.3 Å². The molecule has 2 aromatic carbocycles. The summed E-state index contributed by atoms with van der Waals surface area (Å²) in [5.74, 6) is 0.813. The smallest absolute Gasteiger partial charge is 0.230 e. The van der Waals surface area contributed by atoms with Crippen LogP contribution >= 0.6 is 0 Å². The molecule has 24 heavy (non-hydrogen) atoms. The third-order valence-corrected chi connectivity index (χ3v) is 4.94. The molecule has 1 atom stereocenters. The van der Waals surface area contributed by atoms with E-state index in [1.54, 1.807) is 0 Å². The Bertz CT molecular complexity index is 702. The second-order valence-electron chi connectivity index (χ2n) is 7.34. The number of hydrogen-bond acceptors (Lipinski definition) is 1. The van der Waals surface area contributed by atoms with Gasteiger partial charge >= 0.3 is 0 Å². The van der Waals surface area contributed by atoms with E-state index in [9.17, 15) is 4.79 Å². The van der Waals surface area contributed by atoms with Crippen LogP contribution in [0.25, 0.3) is 0 Å². The second-order valence-corrected chi connectivity index (χ2v) is 7.34. The van der Waals surface area contributed by atoms with Crippen LogP contribution in [-0.2, 0) is 24.2 Å². The Kier molecular flexibility index (Phi) is 5.03. The number of amides is 1. The summed E-state index contributed by atoms with van der Waals surface area (Å²) in [4.78, 5) is 14.9. The van der Waals surface area contributed by atoms with E-state index in [1.165, 1.54) is 16.7 Å². The average Bonchev–Trinajstić information content (AvgIpc) is 2.60. The number of fused-ring (bicyclic) bond motifs is 1. The van der Waals surface area contributed by atoms with Crippen LogP contribution in [0.5, 0.6) is 0 Å². The Hall–Kier alpha value is -2.09. The molecule has 0 saturated heterocycles. The summed E-state index contributed by atoms with van der Waals surface area (Å²) in [6, 6.07) is 17.0. The molecule has 0 aliphatic carbocycles. The van der Waals surface area contributed by atoms with Gasteiger partial charge in [0.1, 0.15) is 0 Å². The number of carbonyl (C=O) groups excluding carboxylic acids is 1. The molecule has 0 bridgehead atoms. The summed E-state index contributed by atoms with van der Waals surface area (Å²) >= 11 is 0. The molecule has 2 heteroatoms. The molecule has 3 rings (SSSR count). The quantitative estimate of drug-likeness (QED) is 0.807. The zero-order chi connectivity index (χ0) is 17.1. The lowest BCUT2D eigenvalue weighted by Gasteiger charge is -2.31. The van der Waals surface area contributed by atoms with Crippen molar-refractivity contribution in [2.24, 2.45) is 5.92 Å². The van der Waals surface area contributed by atoms with Crippen LogP contribution in [0.2, 0.25) is 0 Å². The van der Waals surface area contributed by atoms with E-state index in [0.29, 0.717) is 5.92 Å². The Morgan fingerprint density at radius 2 is 1.67 bits per heavy atom. The van der Waals surface area contributed by atoms with Crippen molar-refractivity contribution in [3.8, 4) is 0 Å². The maximum Gasteiger partial charge on any atom is 0.230 e. The fraction of sp³-hybridized carbons (Fsp3) is 0.409. The average molecular weight is 321 g/mol. The van der Waals surface area contributed by atoms with E-state index >= 15 is 0 Å². The monoisotopic (exact) mass is 321 g/mol. The SMILES string of the molecule is CC(C)Cc1ccc(C(C)C(=O)N2CCc3ccccc3C2)cc1. The number of rotatable bonds is 4. The molecule has 0 fully saturated rings. The summed E-state index contributed by atoms with van der Waals surface area (Å²) in [6.45, 7) is 8.05. The van der Waals surface area contributed by atoms with Crippen molar-refractivity contribution in [1.82, 2.24) is 4.90 Å². The molecule has 0 spiro atoms. The number of benzene rings is 2. The van der Waals surface area contributed by atoms with Crippen LogP contribution in [0.1, 0.15) is 48.9 Å². The van der Waals surface area contributed by atoms with Crippen molar-refractivity contribution < 1.29 is 4.79 Å². The number of hydrogen-bond donors (Lipinski definition) is 0. The Labute approximate surface area is 145 Å². The first kappa shape index (κ1) is 16.8. The van der Waals surface area contributed by atoms with Gasteiger partial charge in [-0.3, -0.25) is 4.79 Å². The van der Waals surface area contributed by atoms with Crippen molar-refractivity contribution in [1.29, 1.82) is 0 Å². The normalized spacial score (nSPS) is 15.2. The zero-order valence-corrected chi connectivity index (χ0v) is 15.0. The molecular weight excluding hydrogens is 294 g/mol. The van der Waals surface area contributed by atoms with Crippen LogP contribution in [0.15, 0.2) is 48.5 Å². The van der Waals surface area contributed by atoms with Crippen molar-refractivity contribution in [2.75, 3.05) is 6.54 Å². The second kappa shape index (κ2) is 7.21. The molecule has 1 aliphatic heterocycles. The Morgan fingerprint density at radius 3 is 2.33 bits per heavy atom. The molecule has 0 radical (unpaired) electrons. The molecule has 126 valence electrons. The van der Waals surface area contributed by atoms with Crippen LogP contribution in [0.3, 0.4) is 0 Å². The fourth-order valence-electron chi connectivity index (χ4n) is 3.51. The fourth-order valence-corrected chi connectivity index (χ4v) is 3.51. The van der Waals surface area contributed by atoms with Gasteiger partial charge in [0.05, 0.1) is 5.92 Å². The minimum atomic E-state index is -0.0802. The highest BCUT2D eigenvalue weighted by molar-refractivity contribution is 5.83. The first-order valence-corrected chi connectivity index (χ1v) is 8.99. The maximum atomic E-state index is 12.9. The van der Waals surface area contributed by atoms with Crippen molar-refractivity contribution >= 4 is 5.91 Å². The molecule has 0 N–H and O–H groups in total. The highest BCUT2D eigenvalue weighted by Gasteiger charge is 2.25. The van der Waals surface area contributed by atoms with Crippen LogP contribution < -0.4 is 0 Å². The standard InChI is InChI=1S/C22H27NO/c1-16(2)14-18-8-10-19(11-9-18)17(3)22(24)23-13-12-20-6-4-5-7-21(20)15-23/h4-11,16-17H,12-15H2,1-3H3. The largest absolute Gasteiger partial charge is 0.338 e. The zero-order valence-electron chi connectivity index (χ0n) is 15.0. The van der Waals surface area contributed by atoms with E-state index in [0.717, 1.165) is 31.5 Å². The molecule has 1 amide bonds. The van der Waals surface area contributed by atoms with Gasteiger partial charge in [-0.1, -0.05) is 62.4 Å². The maximum absolute atomic E-state index is 12.9. The van der Waals surface area contributed by atoms with E-state index < -0.39 is 0 Å². The summed E-state index contributed by atoms with van der Waals surface area (Å²) in [6.07, 6.45) is 2.05. The first-order valence-electron chi connectivity index (χ1n) is 8.99. The van der Waals surface area contributed by atoms with Crippen LogP contribution in [0, 0.1) is 5.92 Å². The van der Waals surface area contributed by atoms with Crippen LogP contribution in [0.4, 0.5) is 0 Å². The predicted molar refractivity (Wildman–Crippen MR) is 99.0 cm³/mol. The Morgan fingerprint density at radius 1 is 1.00 bits per heavy atom. The lowest BCUT2D eigenvalue weighted by Crippen LogP contribution is -2.38. The highest BCUT2D eigenvalue weighted by Crippen LogP contribution is 2.24. The van der Waals surface area contributed by atoms with Gasteiger partial charge in [-0.05, 0) is 47.9 Å². The summed E-state index contributed by atoms with van der Waals surface area (Å²) in [7, 11) is 0. The summed E-state index contributed by atoms with van der Waals surface area (Å²) < 4.78 is 0. The van der Waals surface area contributed by atoms with Gasteiger partial charge in [0.15, 0.2) is 0 Å². The van der Waals surface area contributed by atoms with E-state index in [-0.39, 0.29) is 11.8 Å². The minimum Gasteiger partial charge on any atom is -0.338 e. The van der Waals surface area contributed by atoms with Gasteiger partial charge in [-0.25, -0.2) is 0 Å². The van der Waals surface area contributed by atoms with Gasteiger partial charge in [-0.2, -0.15) is 0 Å². The predicted octanol–water partition coefficient (Wildman–Crippen LogP) is 4.57. The molecule has 1 heterocycles. The molecule has 0 saturated carbocycles. The van der Waals surface area contributed by atoms with Gasteiger partial charge in [-0.15, -0.1) is 0 Å². The van der Waals surface area contributed by atoms with Crippen molar-refractivity contribution in [3.63, 3.8) is 0 Å². The molecule has 0 aromatic heterocycles. The Balaban J connectivity index is 1.69. The van der Waals surface area contributed by atoms with Gasteiger partial charge in [0.2, 0.25) is 5.91 Å². The van der Waals surface area contributed by atoms with Crippen molar-refractivity contribution in [2.45, 2.75) is 46.1 Å². The highest BCUT2D eigenvalue weighted by atomic mass is 16.2. The first-order chi connectivity index (χ1) is 11.5. The van der Waals surface area contributed by atoms with Gasteiger partial charge in [0.25, 0.3) is 0 Å². The van der Waals surface area contributed by atoms with Gasteiger partial charge in [0, 0.05) is 13.1 Å².